The Morgan fingerprint density at radius 3 is 2.95 bits per heavy atom. The highest BCUT2D eigenvalue weighted by Crippen LogP contribution is 2.24. The minimum absolute atomic E-state index is 0.577. The van der Waals surface area contributed by atoms with Gasteiger partial charge in [-0.25, -0.2) is 0 Å². The van der Waals surface area contributed by atoms with Crippen molar-refractivity contribution in [1.29, 1.82) is 0 Å². The van der Waals surface area contributed by atoms with Crippen molar-refractivity contribution in [2.75, 3.05) is 32.1 Å². The highest BCUT2D eigenvalue weighted by atomic mass is 79.9. The molecule has 1 unspecified atom stereocenters. The molecule has 0 aliphatic carbocycles. The van der Waals surface area contributed by atoms with Crippen LogP contribution < -0.4 is 10.2 Å². The van der Waals surface area contributed by atoms with Crippen LogP contribution in [0.3, 0.4) is 0 Å². The molecule has 0 aromatic carbocycles. The van der Waals surface area contributed by atoms with Crippen LogP contribution in [0.5, 0.6) is 0 Å². The molecule has 2 rings (SSSR count). The van der Waals surface area contributed by atoms with Crippen molar-refractivity contribution >= 4 is 32.7 Å². The molecule has 102 valence electrons. The van der Waals surface area contributed by atoms with Gasteiger partial charge in [0.15, 0.2) is 0 Å². The molecular weight excluding hydrogens is 304 g/mol. The second-order valence-corrected chi connectivity index (χ2v) is 5.81. The van der Waals surface area contributed by atoms with E-state index in [4.69, 9.17) is 0 Å². The van der Waals surface area contributed by atoms with E-state index in [0.717, 1.165) is 34.3 Å². The summed E-state index contributed by atoms with van der Waals surface area (Å²) in [5.41, 5.74) is 2.99. The molecule has 4 nitrogen and oxygen atoms in total. The number of halogens is 1. The van der Waals surface area contributed by atoms with Crippen molar-refractivity contribution < 1.29 is 0 Å². The molecular formula is C14H19BrN4. The van der Waals surface area contributed by atoms with Gasteiger partial charge in [-0.05, 0) is 47.6 Å². The van der Waals surface area contributed by atoms with E-state index in [2.05, 4.69) is 50.1 Å². The lowest BCUT2D eigenvalue weighted by molar-refractivity contribution is 0.543. The van der Waals surface area contributed by atoms with E-state index in [0.29, 0.717) is 5.92 Å². The maximum absolute atomic E-state index is 4.49. The number of hydrogen-bond acceptors (Lipinski definition) is 4. The zero-order valence-electron chi connectivity index (χ0n) is 11.5. The Kier molecular flexibility index (Phi) is 4.71. The number of nitrogens with one attached hydrogen (secondary N) is 1. The summed E-state index contributed by atoms with van der Waals surface area (Å²) >= 11 is 3.43. The van der Waals surface area contributed by atoms with E-state index >= 15 is 0 Å². The molecule has 0 amide bonds. The van der Waals surface area contributed by atoms with Crippen LogP contribution in [0.4, 0.5) is 5.69 Å². The Bertz CT molecular complexity index is 558. The second-order valence-electron chi connectivity index (χ2n) is 4.89. The van der Waals surface area contributed by atoms with E-state index in [-0.39, 0.29) is 0 Å². The van der Waals surface area contributed by atoms with Crippen LogP contribution in [0.1, 0.15) is 6.92 Å². The number of pyridine rings is 2. The zero-order valence-corrected chi connectivity index (χ0v) is 13.1. The van der Waals surface area contributed by atoms with Gasteiger partial charge in [0.25, 0.3) is 0 Å². The SMILES string of the molecule is CNCC(C)CN(C)c1ccnc2cc(Br)cnc12. The third kappa shape index (κ3) is 3.42. The van der Waals surface area contributed by atoms with Gasteiger partial charge in [0.05, 0.1) is 11.2 Å². The lowest BCUT2D eigenvalue weighted by Gasteiger charge is -2.24. The summed E-state index contributed by atoms with van der Waals surface area (Å²) in [6, 6.07) is 4.02. The summed E-state index contributed by atoms with van der Waals surface area (Å²) in [5.74, 6) is 0.577. The van der Waals surface area contributed by atoms with Crippen LogP contribution in [0, 0.1) is 5.92 Å². The quantitative estimate of drug-likeness (QED) is 0.918. The van der Waals surface area contributed by atoms with E-state index in [1.807, 2.05) is 31.6 Å². The number of fused-ring (bicyclic) bond motifs is 1. The molecule has 0 aliphatic heterocycles. The van der Waals surface area contributed by atoms with Crippen LogP contribution in [-0.2, 0) is 0 Å². The minimum Gasteiger partial charge on any atom is -0.372 e. The Morgan fingerprint density at radius 2 is 2.21 bits per heavy atom. The maximum atomic E-state index is 4.49. The van der Waals surface area contributed by atoms with Crippen molar-refractivity contribution in [1.82, 2.24) is 15.3 Å². The molecule has 1 atom stereocenters. The standard InChI is InChI=1S/C14H19BrN4/c1-10(7-16-2)9-19(3)13-4-5-17-12-6-11(15)8-18-14(12)13/h4-6,8,10,16H,7,9H2,1-3H3. The summed E-state index contributed by atoms with van der Waals surface area (Å²) in [6.07, 6.45) is 3.66. The fourth-order valence-corrected chi connectivity index (χ4v) is 2.60. The molecule has 0 radical (unpaired) electrons. The van der Waals surface area contributed by atoms with Crippen LogP contribution >= 0.6 is 15.9 Å². The van der Waals surface area contributed by atoms with Gasteiger partial charge in [-0.2, -0.15) is 0 Å². The zero-order chi connectivity index (χ0) is 13.8. The maximum Gasteiger partial charge on any atom is 0.112 e. The summed E-state index contributed by atoms with van der Waals surface area (Å²) in [7, 11) is 4.09. The molecule has 0 saturated carbocycles. The normalized spacial score (nSPS) is 12.6. The minimum atomic E-state index is 0.577. The molecule has 0 fully saturated rings. The molecule has 5 heteroatoms. The Balaban J connectivity index is 2.29. The number of aromatic nitrogens is 2. The Morgan fingerprint density at radius 1 is 1.42 bits per heavy atom. The molecule has 2 aromatic heterocycles. The number of rotatable bonds is 5. The van der Waals surface area contributed by atoms with Gasteiger partial charge in [0, 0.05) is 30.5 Å². The van der Waals surface area contributed by atoms with Crippen LogP contribution in [-0.4, -0.2) is 37.2 Å². The Hall–Kier alpha value is -1.20. The average Bonchev–Trinajstić information content (AvgIpc) is 2.37. The molecule has 0 saturated heterocycles. The predicted octanol–water partition coefficient (Wildman–Crippen LogP) is 2.68. The third-order valence-electron chi connectivity index (χ3n) is 3.07. The van der Waals surface area contributed by atoms with E-state index in [1.165, 1.54) is 0 Å². The van der Waals surface area contributed by atoms with Gasteiger partial charge in [-0.3, -0.25) is 9.97 Å². The first-order chi connectivity index (χ1) is 9.11. The highest BCUT2D eigenvalue weighted by Gasteiger charge is 2.11. The molecule has 0 spiro atoms. The molecule has 2 heterocycles. The predicted molar refractivity (Wildman–Crippen MR) is 83.6 cm³/mol. The van der Waals surface area contributed by atoms with Gasteiger partial charge in [-0.1, -0.05) is 6.92 Å². The number of anilines is 1. The van der Waals surface area contributed by atoms with Crippen LogP contribution in [0.15, 0.2) is 29.0 Å². The monoisotopic (exact) mass is 322 g/mol. The lowest BCUT2D eigenvalue weighted by atomic mass is 10.1. The molecule has 19 heavy (non-hydrogen) atoms. The summed E-state index contributed by atoms with van der Waals surface area (Å²) in [5, 5.41) is 3.21. The number of nitrogens with zero attached hydrogens (tertiary/aromatic N) is 3. The van der Waals surface area contributed by atoms with Gasteiger partial charge in [0.2, 0.25) is 0 Å². The first-order valence-corrected chi connectivity index (χ1v) is 7.17. The summed E-state index contributed by atoms with van der Waals surface area (Å²) in [6.45, 7) is 4.23. The summed E-state index contributed by atoms with van der Waals surface area (Å²) < 4.78 is 0.954. The van der Waals surface area contributed by atoms with Crippen LogP contribution in [0.2, 0.25) is 0 Å². The van der Waals surface area contributed by atoms with Gasteiger partial charge >= 0.3 is 0 Å². The highest BCUT2D eigenvalue weighted by molar-refractivity contribution is 9.10. The fourth-order valence-electron chi connectivity index (χ4n) is 2.28. The number of hydrogen-bond donors (Lipinski definition) is 1. The van der Waals surface area contributed by atoms with Gasteiger partial charge in [0.1, 0.15) is 5.52 Å². The van der Waals surface area contributed by atoms with Crippen molar-refractivity contribution in [2.24, 2.45) is 5.92 Å². The van der Waals surface area contributed by atoms with Gasteiger partial charge < -0.3 is 10.2 Å². The molecule has 0 bridgehead atoms. The van der Waals surface area contributed by atoms with Crippen molar-refractivity contribution in [3.63, 3.8) is 0 Å². The Labute approximate surface area is 122 Å². The van der Waals surface area contributed by atoms with Crippen LogP contribution in [0.25, 0.3) is 11.0 Å². The molecule has 0 aliphatic rings. The first-order valence-electron chi connectivity index (χ1n) is 6.38. The van der Waals surface area contributed by atoms with E-state index < -0.39 is 0 Å². The summed E-state index contributed by atoms with van der Waals surface area (Å²) in [4.78, 5) is 11.1. The topological polar surface area (TPSA) is 41.0 Å². The van der Waals surface area contributed by atoms with Crippen molar-refractivity contribution in [3.05, 3.63) is 29.0 Å². The van der Waals surface area contributed by atoms with Crippen molar-refractivity contribution in [3.8, 4) is 0 Å². The largest absolute Gasteiger partial charge is 0.372 e. The van der Waals surface area contributed by atoms with E-state index in [1.54, 1.807) is 0 Å². The molecule has 2 aromatic rings. The smallest absolute Gasteiger partial charge is 0.112 e. The van der Waals surface area contributed by atoms with Gasteiger partial charge in [-0.15, -0.1) is 0 Å². The van der Waals surface area contributed by atoms with E-state index in [9.17, 15) is 0 Å². The second kappa shape index (κ2) is 6.30. The molecule has 1 N–H and O–H groups in total. The van der Waals surface area contributed by atoms with Crippen molar-refractivity contribution in [2.45, 2.75) is 6.92 Å². The average molecular weight is 323 g/mol. The first kappa shape index (κ1) is 14.2. The third-order valence-corrected chi connectivity index (χ3v) is 3.51. The lowest BCUT2D eigenvalue weighted by Crippen LogP contribution is -2.29. The fraction of sp³-hybridized carbons (Fsp3) is 0.429.